The van der Waals surface area contributed by atoms with Crippen molar-refractivity contribution in [3.63, 3.8) is 0 Å². The molecule has 38 heavy (non-hydrogen) atoms. The number of methoxy groups -OCH3 is 1. The third-order valence-corrected chi connectivity index (χ3v) is 8.49. The van der Waals surface area contributed by atoms with Crippen LogP contribution in [0.2, 0.25) is 0 Å². The van der Waals surface area contributed by atoms with Crippen LogP contribution in [0.5, 0.6) is 5.75 Å². The Bertz CT molecular complexity index is 914. The Morgan fingerprint density at radius 1 is 0.816 bits per heavy atom. The minimum atomic E-state index is -0.579. The molecule has 4 aliphatic rings. The molecule has 0 bridgehead atoms. The molecule has 2 saturated carbocycles. The normalized spacial score (nSPS) is 35.9. The first kappa shape index (κ1) is 27.8. The van der Waals surface area contributed by atoms with E-state index in [2.05, 4.69) is 0 Å². The van der Waals surface area contributed by atoms with Gasteiger partial charge in [-0.25, -0.2) is 0 Å². The van der Waals surface area contributed by atoms with Gasteiger partial charge in [-0.15, -0.1) is 0 Å². The largest absolute Gasteiger partial charge is 0.497 e. The summed E-state index contributed by atoms with van der Waals surface area (Å²) in [4.78, 5) is 12.2. The van der Waals surface area contributed by atoms with Crippen LogP contribution in [0.4, 0.5) is 0 Å². The number of hydrogen-bond donors (Lipinski definition) is 0. The fourth-order valence-corrected chi connectivity index (χ4v) is 5.66. The zero-order chi connectivity index (χ0) is 26.9. The smallest absolute Gasteiger partial charge is 0.311 e. The lowest BCUT2D eigenvalue weighted by atomic mass is 9.84. The first-order valence-corrected chi connectivity index (χ1v) is 14.1. The Balaban J connectivity index is 1.03. The van der Waals surface area contributed by atoms with Crippen molar-refractivity contribution < 1.29 is 38.0 Å². The van der Waals surface area contributed by atoms with Gasteiger partial charge in [-0.3, -0.25) is 4.79 Å². The summed E-state index contributed by atoms with van der Waals surface area (Å²) in [7, 11) is 1.67. The zero-order valence-electron chi connectivity index (χ0n) is 23.4. The van der Waals surface area contributed by atoms with E-state index in [0.717, 1.165) is 62.7 Å². The van der Waals surface area contributed by atoms with Gasteiger partial charge in [0.05, 0.1) is 57.1 Å². The van der Waals surface area contributed by atoms with Gasteiger partial charge in [-0.2, -0.15) is 0 Å². The molecule has 0 amide bonds. The molecule has 0 N–H and O–H groups in total. The highest BCUT2D eigenvalue weighted by molar-refractivity contribution is 5.75. The third-order valence-electron chi connectivity index (χ3n) is 8.49. The van der Waals surface area contributed by atoms with Crippen LogP contribution in [0.3, 0.4) is 0 Å². The lowest BCUT2D eigenvalue weighted by Crippen LogP contribution is -2.60. The minimum Gasteiger partial charge on any atom is -0.497 e. The van der Waals surface area contributed by atoms with Crippen LogP contribution in [0.25, 0.3) is 0 Å². The molecule has 4 fully saturated rings. The van der Waals surface area contributed by atoms with Crippen LogP contribution in [-0.4, -0.2) is 63.3 Å². The maximum Gasteiger partial charge on any atom is 0.311 e. The molecule has 5 rings (SSSR count). The standard InChI is InChI=1S/C30H44O8/c1-27(2,3)26(31)38-25-11-15-30(16-12-25)36-20-28(21-37-30)18-34-29(35-19-28)13-9-24(10-14-29)33-17-22-5-7-23(32-4)8-6-22/h5-8,24-25H,9-21H2,1-4H3. The highest BCUT2D eigenvalue weighted by Gasteiger charge is 2.52. The zero-order valence-corrected chi connectivity index (χ0v) is 23.4. The Labute approximate surface area is 226 Å². The van der Waals surface area contributed by atoms with Crippen molar-refractivity contribution in [1.29, 1.82) is 0 Å². The molecule has 3 spiro atoms. The van der Waals surface area contributed by atoms with Gasteiger partial charge in [-0.1, -0.05) is 12.1 Å². The molecule has 0 atom stereocenters. The van der Waals surface area contributed by atoms with Crippen molar-refractivity contribution in [3.8, 4) is 5.75 Å². The van der Waals surface area contributed by atoms with Crippen LogP contribution in [0.1, 0.15) is 77.7 Å². The summed E-state index contributed by atoms with van der Waals surface area (Å²) in [5.41, 5.74) is 0.391. The number of carbonyl (C=O) groups excluding carboxylic acids is 1. The predicted molar refractivity (Wildman–Crippen MR) is 140 cm³/mol. The summed E-state index contributed by atoms with van der Waals surface area (Å²) in [6, 6.07) is 8.01. The molecule has 2 aliphatic heterocycles. The highest BCUT2D eigenvalue weighted by atomic mass is 16.7. The molecule has 2 saturated heterocycles. The lowest BCUT2D eigenvalue weighted by Gasteiger charge is -2.53. The summed E-state index contributed by atoms with van der Waals surface area (Å²) >= 11 is 0. The molecule has 8 nitrogen and oxygen atoms in total. The van der Waals surface area contributed by atoms with Crippen molar-refractivity contribution >= 4 is 5.97 Å². The highest BCUT2D eigenvalue weighted by Crippen LogP contribution is 2.45. The summed E-state index contributed by atoms with van der Waals surface area (Å²) in [6.07, 6.45) is 6.62. The Hall–Kier alpha value is -1.71. The van der Waals surface area contributed by atoms with Gasteiger partial charge in [0.15, 0.2) is 11.6 Å². The molecule has 0 unspecified atom stereocenters. The van der Waals surface area contributed by atoms with Crippen molar-refractivity contribution in [3.05, 3.63) is 29.8 Å². The van der Waals surface area contributed by atoms with Crippen LogP contribution < -0.4 is 4.74 Å². The molecule has 1 aromatic rings. The SMILES string of the molecule is COc1ccc(COC2CCC3(CC2)OCC2(CO3)COC3(CCC(OC(=O)C(C)(C)C)CC3)OC2)cc1. The van der Waals surface area contributed by atoms with Crippen LogP contribution in [0, 0.1) is 10.8 Å². The molecule has 1 aromatic carbocycles. The van der Waals surface area contributed by atoms with Crippen LogP contribution in [-0.2, 0) is 39.8 Å². The number of ether oxygens (including phenoxy) is 7. The van der Waals surface area contributed by atoms with Gasteiger partial charge in [0.25, 0.3) is 0 Å². The average Bonchev–Trinajstić information content (AvgIpc) is 2.93. The molecule has 0 aromatic heterocycles. The molecular weight excluding hydrogens is 488 g/mol. The van der Waals surface area contributed by atoms with Gasteiger partial charge in [0.1, 0.15) is 11.9 Å². The Morgan fingerprint density at radius 2 is 1.29 bits per heavy atom. The van der Waals surface area contributed by atoms with E-state index in [0.29, 0.717) is 33.0 Å². The van der Waals surface area contributed by atoms with Gasteiger partial charge in [0, 0.05) is 25.7 Å². The second-order valence-corrected chi connectivity index (χ2v) is 12.7. The second-order valence-electron chi connectivity index (χ2n) is 12.7. The molecule has 2 heterocycles. The molecule has 0 radical (unpaired) electrons. The summed E-state index contributed by atoms with van der Waals surface area (Å²) < 4.78 is 42.6. The third kappa shape index (κ3) is 6.36. The summed E-state index contributed by atoms with van der Waals surface area (Å²) in [5.74, 6) is -0.390. The van der Waals surface area contributed by atoms with E-state index >= 15 is 0 Å². The number of hydrogen-bond acceptors (Lipinski definition) is 8. The summed E-state index contributed by atoms with van der Waals surface area (Å²) in [6.45, 7) is 8.52. The number of esters is 1. The van der Waals surface area contributed by atoms with Gasteiger partial charge >= 0.3 is 5.97 Å². The van der Waals surface area contributed by atoms with Crippen molar-refractivity contribution in [2.75, 3.05) is 33.5 Å². The Morgan fingerprint density at radius 3 is 1.74 bits per heavy atom. The van der Waals surface area contributed by atoms with E-state index in [1.54, 1.807) is 7.11 Å². The minimum absolute atomic E-state index is 0.0630. The van der Waals surface area contributed by atoms with E-state index in [-0.39, 0.29) is 23.6 Å². The molecule has 8 heteroatoms. The van der Waals surface area contributed by atoms with E-state index in [1.165, 1.54) is 0 Å². The number of rotatable bonds is 5. The molecule has 212 valence electrons. The second kappa shape index (κ2) is 11.0. The quantitative estimate of drug-likeness (QED) is 0.481. The van der Waals surface area contributed by atoms with E-state index < -0.39 is 17.0 Å². The maximum absolute atomic E-state index is 12.2. The lowest BCUT2D eigenvalue weighted by molar-refractivity contribution is -0.379. The average molecular weight is 533 g/mol. The van der Waals surface area contributed by atoms with E-state index in [4.69, 9.17) is 33.2 Å². The van der Waals surface area contributed by atoms with E-state index in [1.807, 2.05) is 45.0 Å². The fraction of sp³-hybridized carbons (Fsp3) is 0.767. The molecule has 2 aliphatic carbocycles. The van der Waals surface area contributed by atoms with E-state index in [9.17, 15) is 4.79 Å². The Kier molecular flexibility index (Phi) is 8.09. The van der Waals surface area contributed by atoms with Crippen molar-refractivity contribution in [1.82, 2.24) is 0 Å². The fourth-order valence-electron chi connectivity index (χ4n) is 5.66. The van der Waals surface area contributed by atoms with Crippen LogP contribution in [0.15, 0.2) is 24.3 Å². The van der Waals surface area contributed by atoms with Crippen LogP contribution >= 0.6 is 0 Å². The van der Waals surface area contributed by atoms with Gasteiger partial charge < -0.3 is 33.2 Å². The first-order valence-electron chi connectivity index (χ1n) is 14.1. The predicted octanol–water partition coefficient (Wildman–Crippen LogP) is 5.16. The van der Waals surface area contributed by atoms with Crippen molar-refractivity contribution in [2.45, 2.75) is 103 Å². The van der Waals surface area contributed by atoms with Gasteiger partial charge in [-0.05, 0) is 64.2 Å². The van der Waals surface area contributed by atoms with Crippen molar-refractivity contribution in [2.24, 2.45) is 10.8 Å². The summed E-state index contributed by atoms with van der Waals surface area (Å²) in [5, 5.41) is 0. The number of benzene rings is 1. The first-order chi connectivity index (χ1) is 18.1. The monoisotopic (exact) mass is 532 g/mol. The topological polar surface area (TPSA) is 81.7 Å². The van der Waals surface area contributed by atoms with Gasteiger partial charge in [0.2, 0.25) is 0 Å². The maximum atomic E-state index is 12.2. The number of carbonyl (C=O) groups is 1. The molecular formula is C30H44O8.